The van der Waals surface area contributed by atoms with Crippen molar-refractivity contribution >= 4 is 0 Å². The van der Waals surface area contributed by atoms with Gasteiger partial charge in [-0.2, -0.15) is 0 Å². The molecule has 0 aromatic carbocycles. The molecule has 0 spiro atoms. The van der Waals surface area contributed by atoms with Gasteiger partial charge in [0.15, 0.2) is 0 Å². The third kappa shape index (κ3) is 3.15. The highest BCUT2D eigenvalue weighted by Crippen LogP contribution is 2.12. The van der Waals surface area contributed by atoms with Crippen LogP contribution >= 0.6 is 0 Å². The molecule has 1 aromatic rings. The molecule has 0 saturated carbocycles. The first kappa shape index (κ1) is 10.2. The standard InChI is InChI=1S/C11H18N2/c1-8(2)10-4-5-11(13-7-10)6-9(3)12/h4-5,7-9H,6,12H2,1-3H3. The van der Waals surface area contributed by atoms with Crippen molar-refractivity contribution < 1.29 is 0 Å². The minimum atomic E-state index is 0.192. The number of pyridine rings is 1. The van der Waals surface area contributed by atoms with E-state index in [1.165, 1.54) is 5.56 Å². The summed E-state index contributed by atoms with van der Waals surface area (Å²) in [5.74, 6) is 0.553. The molecule has 1 aromatic heterocycles. The Labute approximate surface area is 80.2 Å². The largest absolute Gasteiger partial charge is 0.328 e. The lowest BCUT2D eigenvalue weighted by Crippen LogP contribution is -2.18. The van der Waals surface area contributed by atoms with Gasteiger partial charge in [0, 0.05) is 24.4 Å². The van der Waals surface area contributed by atoms with Crippen LogP contribution in [-0.4, -0.2) is 11.0 Å². The molecule has 2 nitrogen and oxygen atoms in total. The highest BCUT2D eigenvalue weighted by molar-refractivity contribution is 5.17. The second kappa shape index (κ2) is 4.38. The predicted molar refractivity (Wildman–Crippen MR) is 55.7 cm³/mol. The summed E-state index contributed by atoms with van der Waals surface area (Å²) in [6.07, 6.45) is 2.81. The van der Waals surface area contributed by atoms with Gasteiger partial charge >= 0.3 is 0 Å². The first-order chi connectivity index (χ1) is 6.09. The van der Waals surface area contributed by atoms with Crippen LogP contribution in [0.4, 0.5) is 0 Å². The molecule has 2 N–H and O–H groups in total. The van der Waals surface area contributed by atoms with E-state index in [9.17, 15) is 0 Å². The summed E-state index contributed by atoms with van der Waals surface area (Å²) in [6, 6.07) is 4.39. The smallest absolute Gasteiger partial charge is 0.0419 e. The van der Waals surface area contributed by atoms with Crippen molar-refractivity contribution in [2.24, 2.45) is 5.73 Å². The molecule has 2 heteroatoms. The summed E-state index contributed by atoms with van der Waals surface area (Å²) >= 11 is 0. The molecule has 0 radical (unpaired) electrons. The zero-order valence-electron chi connectivity index (χ0n) is 8.62. The van der Waals surface area contributed by atoms with Crippen LogP contribution in [0.2, 0.25) is 0 Å². The van der Waals surface area contributed by atoms with Gasteiger partial charge in [-0.05, 0) is 24.5 Å². The average molecular weight is 178 g/mol. The lowest BCUT2D eigenvalue weighted by molar-refractivity contribution is 0.719. The second-order valence-electron chi connectivity index (χ2n) is 3.92. The zero-order chi connectivity index (χ0) is 9.84. The van der Waals surface area contributed by atoms with Crippen molar-refractivity contribution in [3.8, 4) is 0 Å². The van der Waals surface area contributed by atoms with Gasteiger partial charge in [-0.3, -0.25) is 4.98 Å². The normalized spacial score (nSPS) is 13.3. The molecule has 0 saturated heterocycles. The van der Waals surface area contributed by atoms with E-state index in [4.69, 9.17) is 5.73 Å². The molecule has 1 heterocycles. The molecular formula is C11H18N2. The predicted octanol–water partition coefficient (Wildman–Crippen LogP) is 2.09. The van der Waals surface area contributed by atoms with Crippen LogP contribution in [-0.2, 0) is 6.42 Å². The number of rotatable bonds is 3. The van der Waals surface area contributed by atoms with E-state index in [2.05, 4.69) is 31.0 Å². The van der Waals surface area contributed by atoms with E-state index < -0.39 is 0 Å². The summed E-state index contributed by atoms with van der Waals surface area (Å²) in [6.45, 7) is 6.34. The van der Waals surface area contributed by atoms with Gasteiger partial charge in [0.2, 0.25) is 0 Å². The maximum Gasteiger partial charge on any atom is 0.0419 e. The van der Waals surface area contributed by atoms with Gasteiger partial charge in [0.25, 0.3) is 0 Å². The quantitative estimate of drug-likeness (QED) is 0.769. The van der Waals surface area contributed by atoms with E-state index in [-0.39, 0.29) is 6.04 Å². The minimum Gasteiger partial charge on any atom is -0.328 e. The zero-order valence-corrected chi connectivity index (χ0v) is 8.62. The lowest BCUT2D eigenvalue weighted by Gasteiger charge is -2.07. The Balaban J connectivity index is 2.70. The second-order valence-corrected chi connectivity index (χ2v) is 3.92. The van der Waals surface area contributed by atoms with Gasteiger partial charge in [-0.1, -0.05) is 19.9 Å². The van der Waals surface area contributed by atoms with Crippen molar-refractivity contribution in [1.82, 2.24) is 4.98 Å². The Hall–Kier alpha value is -0.890. The van der Waals surface area contributed by atoms with Crippen molar-refractivity contribution in [3.63, 3.8) is 0 Å². The van der Waals surface area contributed by atoms with Crippen LogP contribution in [0.1, 0.15) is 37.9 Å². The molecule has 0 aliphatic carbocycles. The highest BCUT2D eigenvalue weighted by Gasteiger charge is 2.01. The van der Waals surface area contributed by atoms with Crippen molar-refractivity contribution in [1.29, 1.82) is 0 Å². The van der Waals surface area contributed by atoms with Gasteiger partial charge in [0.05, 0.1) is 0 Å². The Bertz CT molecular complexity index is 249. The topological polar surface area (TPSA) is 38.9 Å². The summed E-state index contributed by atoms with van der Waals surface area (Å²) in [5.41, 5.74) is 8.05. The molecule has 0 aliphatic rings. The fraction of sp³-hybridized carbons (Fsp3) is 0.545. The molecule has 0 amide bonds. The maximum atomic E-state index is 5.68. The molecule has 1 rings (SSSR count). The number of aromatic nitrogens is 1. The van der Waals surface area contributed by atoms with E-state index in [0.717, 1.165) is 12.1 Å². The fourth-order valence-electron chi connectivity index (χ4n) is 1.23. The van der Waals surface area contributed by atoms with E-state index in [0.29, 0.717) is 5.92 Å². The Morgan fingerprint density at radius 3 is 2.38 bits per heavy atom. The lowest BCUT2D eigenvalue weighted by atomic mass is 10.0. The molecule has 1 atom stereocenters. The van der Waals surface area contributed by atoms with Crippen LogP contribution < -0.4 is 5.73 Å². The first-order valence-corrected chi connectivity index (χ1v) is 4.80. The van der Waals surface area contributed by atoms with Gasteiger partial charge < -0.3 is 5.73 Å². The number of hydrogen-bond acceptors (Lipinski definition) is 2. The van der Waals surface area contributed by atoms with Crippen LogP contribution in [0.15, 0.2) is 18.3 Å². The molecule has 72 valence electrons. The van der Waals surface area contributed by atoms with Crippen LogP contribution in [0.25, 0.3) is 0 Å². The third-order valence-corrected chi connectivity index (χ3v) is 2.05. The molecule has 0 aliphatic heterocycles. The van der Waals surface area contributed by atoms with E-state index in [1.54, 1.807) is 0 Å². The van der Waals surface area contributed by atoms with Crippen molar-refractivity contribution in [3.05, 3.63) is 29.6 Å². The fourth-order valence-corrected chi connectivity index (χ4v) is 1.23. The minimum absolute atomic E-state index is 0.192. The van der Waals surface area contributed by atoms with Crippen LogP contribution in [0, 0.1) is 0 Å². The monoisotopic (exact) mass is 178 g/mol. The highest BCUT2D eigenvalue weighted by atomic mass is 14.7. The molecule has 0 bridgehead atoms. The SMILES string of the molecule is CC(N)Cc1ccc(C(C)C)cn1. The maximum absolute atomic E-state index is 5.68. The average Bonchev–Trinajstić information content (AvgIpc) is 2.04. The summed E-state index contributed by atoms with van der Waals surface area (Å²) in [7, 11) is 0. The Morgan fingerprint density at radius 1 is 1.31 bits per heavy atom. The van der Waals surface area contributed by atoms with E-state index in [1.807, 2.05) is 13.1 Å². The summed E-state index contributed by atoms with van der Waals surface area (Å²) in [4.78, 5) is 4.36. The van der Waals surface area contributed by atoms with Crippen molar-refractivity contribution in [2.45, 2.75) is 39.2 Å². The summed E-state index contributed by atoms with van der Waals surface area (Å²) < 4.78 is 0. The van der Waals surface area contributed by atoms with Crippen molar-refractivity contribution in [2.75, 3.05) is 0 Å². The van der Waals surface area contributed by atoms with Gasteiger partial charge in [0.1, 0.15) is 0 Å². The molecule has 13 heavy (non-hydrogen) atoms. The summed E-state index contributed by atoms with van der Waals surface area (Å²) in [5, 5.41) is 0. The number of hydrogen-bond donors (Lipinski definition) is 1. The Morgan fingerprint density at radius 2 is 2.00 bits per heavy atom. The number of nitrogens with zero attached hydrogens (tertiary/aromatic N) is 1. The van der Waals surface area contributed by atoms with Crippen LogP contribution in [0.3, 0.4) is 0 Å². The first-order valence-electron chi connectivity index (χ1n) is 4.80. The molecule has 0 fully saturated rings. The molecular weight excluding hydrogens is 160 g/mol. The van der Waals surface area contributed by atoms with Gasteiger partial charge in [-0.25, -0.2) is 0 Å². The Kier molecular flexibility index (Phi) is 3.43. The van der Waals surface area contributed by atoms with E-state index >= 15 is 0 Å². The van der Waals surface area contributed by atoms with Gasteiger partial charge in [-0.15, -0.1) is 0 Å². The molecule has 1 unspecified atom stereocenters. The van der Waals surface area contributed by atoms with Crippen LogP contribution in [0.5, 0.6) is 0 Å². The number of nitrogens with two attached hydrogens (primary N) is 1. The third-order valence-electron chi connectivity index (χ3n) is 2.05.